The first-order valence-electron chi connectivity index (χ1n) is 2.73. The van der Waals surface area contributed by atoms with Crippen LogP contribution in [0.4, 0.5) is 0 Å². The standard InChI is InChI=1S/C6H11NO3/c1-7(2)4-5(10-3)6(8)9/h4H,1-3H3,(H,8,9). The molecular formula is C6H11NO3. The summed E-state index contributed by atoms with van der Waals surface area (Å²) in [5.74, 6) is -1.12. The second-order valence-electron chi connectivity index (χ2n) is 1.97. The summed E-state index contributed by atoms with van der Waals surface area (Å²) in [5, 5.41) is 8.40. The fourth-order valence-corrected chi connectivity index (χ4v) is 0.430. The second-order valence-corrected chi connectivity index (χ2v) is 1.97. The number of nitrogens with zero attached hydrogens (tertiary/aromatic N) is 1. The number of hydrogen-bond donors (Lipinski definition) is 1. The maximum Gasteiger partial charge on any atom is 0.372 e. The smallest absolute Gasteiger partial charge is 0.372 e. The fraction of sp³-hybridized carbons (Fsp3) is 0.500. The van der Waals surface area contributed by atoms with E-state index in [0.717, 1.165) is 0 Å². The van der Waals surface area contributed by atoms with E-state index in [1.165, 1.54) is 13.3 Å². The molecule has 0 radical (unpaired) electrons. The number of aliphatic carboxylic acids is 1. The molecule has 0 aromatic carbocycles. The van der Waals surface area contributed by atoms with Gasteiger partial charge in [0.1, 0.15) is 0 Å². The highest BCUT2D eigenvalue weighted by molar-refractivity contribution is 5.83. The predicted molar refractivity (Wildman–Crippen MR) is 36.4 cm³/mol. The first-order valence-corrected chi connectivity index (χ1v) is 2.73. The van der Waals surface area contributed by atoms with Gasteiger partial charge in [0.05, 0.1) is 7.11 Å². The van der Waals surface area contributed by atoms with Gasteiger partial charge in [-0.2, -0.15) is 0 Å². The molecule has 0 aliphatic rings. The third-order valence-corrected chi connectivity index (χ3v) is 0.806. The zero-order valence-corrected chi connectivity index (χ0v) is 6.29. The van der Waals surface area contributed by atoms with Crippen molar-refractivity contribution in [2.75, 3.05) is 21.2 Å². The predicted octanol–water partition coefficient (Wildman–Crippen LogP) is 0.120. The van der Waals surface area contributed by atoms with Crippen LogP contribution < -0.4 is 0 Å². The molecule has 0 bridgehead atoms. The largest absolute Gasteiger partial charge is 0.489 e. The van der Waals surface area contributed by atoms with E-state index in [9.17, 15) is 4.79 Å². The first kappa shape index (κ1) is 8.81. The molecule has 0 saturated carbocycles. The van der Waals surface area contributed by atoms with E-state index in [-0.39, 0.29) is 5.76 Å². The highest BCUT2D eigenvalue weighted by Crippen LogP contribution is 1.95. The van der Waals surface area contributed by atoms with E-state index in [2.05, 4.69) is 4.74 Å². The van der Waals surface area contributed by atoms with Gasteiger partial charge in [0.2, 0.25) is 5.76 Å². The summed E-state index contributed by atoms with van der Waals surface area (Å²) in [5.41, 5.74) is 0. The lowest BCUT2D eigenvalue weighted by molar-refractivity contribution is -0.136. The molecule has 0 rings (SSSR count). The molecule has 0 aromatic heterocycles. The van der Waals surface area contributed by atoms with Crippen LogP contribution in [0.5, 0.6) is 0 Å². The van der Waals surface area contributed by atoms with Gasteiger partial charge in [-0.25, -0.2) is 4.79 Å². The van der Waals surface area contributed by atoms with Crippen LogP contribution in [0.15, 0.2) is 12.0 Å². The number of carboxylic acids is 1. The quantitative estimate of drug-likeness (QED) is 0.452. The van der Waals surface area contributed by atoms with Crippen LogP contribution in [0.25, 0.3) is 0 Å². The SMILES string of the molecule is COC(=CN(C)C)C(=O)O. The number of hydrogen-bond acceptors (Lipinski definition) is 3. The lowest BCUT2D eigenvalue weighted by atomic mass is 10.5. The Balaban J connectivity index is 4.19. The molecule has 0 unspecified atom stereocenters. The molecule has 0 fully saturated rings. The summed E-state index contributed by atoms with van der Waals surface area (Å²) >= 11 is 0. The van der Waals surface area contributed by atoms with Gasteiger partial charge < -0.3 is 14.7 Å². The Hall–Kier alpha value is -1.19. The Labute approximate surface area is 59.7 Å². The second kappa shape index (κ2) is 3.76. The van der Waals surface area contributed by atoms with Crippen LogP contribution in [0.1, 0.15) is 0 Å². The average molecular weight is 145 g/mol. The van der Waals surface area contributed by atoms with Crippen molar-refractivity contribution < 1.29 is 14.6 Å². The van der Waals surface area contributed by atoms with Crippen molar-refractivity contribution >= 4 is 5.97 Å². The Morgan fingerprint density at radius 2 is 2.10 bits per heavy atom. The van der Waals surface area contributed by atoms with E-state index in [4.69, 9.17) is 5.11 Å². The topological polar surface area (TPSA) is 49.8 Å². The van der Waals surface area contributed by atoms with E-state index in [0.29, 0.717) is 0 Å². The van der Waals surface area contributed by atoms with E-state index >= 15 is 0 Å². The molecule has 0 heterocycles. The van der Waals surface area contributed by atoms with Gasteiger partial charge in [-0.1, -0.05) is 0 Å². The van der Waals surface area contributed by atoms with E-state index < -0.39 is 5.97 Å². The zero-order valence-electron chi connectivity index (χ0n) is 6.29. The van der Waals surface area contributed by atoms with E-state index in [1.807, 2.05) is 0 Å². The van der Waals surface area contributed by atoms with Gasteiger partial charge in [0.25, 0.3) is 0 Å². The minimum atomic E-state index is -1.06. The van der Waals surface area contributed by atoms with Crippen molar-refractivity contribution in [3.05, 3.63) is 12.0 Å². The number of ether oxygens (including phenoxy) is 1. The molecule has 0 aliphatic carbocycles. The number of rotatable bonds is 3. The molecule has 4 nitrogen and oxygen atoms in total. The molecule has 0 spiro atoms. The van der Waals surface area contributed by atoms with Crippen LogP contribution in [0.2, 0.25) is 0 Å². The maximum atomic E-state index is 10.2. The van der Waals surface area contributed by atoms with Crippen molar-refractivity contribution in [3.8, 4) is 0 Å². The van der Waals surface area contributed by atoms with Crippen LogP contribution >= 0.6 is 0 Å². The van der Waals surface area contributed by atoms with Gasteiger partial charge in [-0.15, -0.1) is 0 Å². The molecule has 0 atom stereocenters. The number of carbonyl (C=O) groups is 1. The maximum absolute atomic E-state index is 10.2. The molecule has 0 aromatic rings. The Morgan fingerprint density at radius 3 is 2.20 bits per heavy atom. The summed E-state index contributed by atoms with van der Waals surface area (Å²) in [6.45, 7) is 0. The molecule has 1 N–H and O–H groups in total. The molecule has 58 valence electrons. The van der Waals surface area contributed by atoms with Gasteiger partial charge in [0.15, 0.2) is 0 Å². The third-order valence-electron chi connectivity index (χ3n) is 0.806. The van der Waals surface area contributed by atoms with Crippen molar-refractivity contribution in [2.45, 2.75) is 0 Å². The highest BCUT2D eigenvalue weighted by Gasteiger charge is 2.05. The summed E-state index contributed by atoms with van der Waals surface area (Å²) in [6, 6.07) is 0. The Kier molecular flexibility index (Phi) is 3.32. The fourth-order valence-electron chi connectivity index (χ4n) is 0.430. The zero-order chi connectivity index (χ0) is 8.15. The van der Waals surface area contributed by atoms with Crippen molar-refractivity contribution in [1.29, 1.82) is 0 Å². The van der Waals surface area contributed by atoms with Crippen LogP contribution in [0.3, 0.4) is 0 Å². The average Bonchev–Trinajstić information content (AvgIpc) is 1.81. The normalized spacial score (nSPS) is 10.9. The number of methoxy groups -OCH3 is 1. The van der Waals surface area contributed by atoms with Gasteiger partial charge in [0, 0.05) is 20.3 Å². The number of carboxylic acid groups (broad SMARTS) is 1. The molecule has 4 heteroatoms. The van der Waals surface area contributed by atoms with Gasteiger partial charge in [-0.05, 0) is 0 Å². The summed E-state index contributed by atoms with van der Waals surface area (Å²) in [7, 11) is 4.77. The van der Waals surface area contributed by atoms with Gasteiger partial charge in [-0.3, -0.25) is 0 Å². The minimum absolute atomic E-state index is 0.0648. The minimum Gasteiger partial charge on any atom is -0.489 e. The molecule has 0 amide bonds. The Morgan fingerprint density at radius 1 is 1.60 bits per heavy atom. The van der Waals surface area contributed by atoms with E-state index in [1.54, 1.807) is 19.0 Å². The molecule has 10 heavy (non-hydrogen) atoms. The summed E-state index contributed by atoms with van der Waals surface area (Å²) < 4.78 is 4.54. The monoisotopic (exact) mass is 145 g/mol. The van der Waals surface area contributed by atoms with Gasteiger partial charge >= 0.3 is 5.97 Å². The molecule has 0 aliphatic heterocycles. The molecule has 0 saturated heterocycles. The van der Waals surface area contributed by atoms with Crippen molar-refractivity contribution in [2.24, 2.45) is 0 Å². The molecular weight excluding hydrogens is 134 g/mol. The summed E-state index contributed by atoms with van der Waals surface area (Å²) in [4.78, 5) is 11.9. The van der Waals surface area contributed by atoms with Crippen LogP contribution in [0, 0.1) is 0 Å². The highest BCUT2D eigenvalue weighted by atomic mass is 16.5. The Bertz CT molecular complexity index is 151. The van der Waals surface area contributed by atoms with Crippen LogP contribution in [-0.2, 0) is 9.53 Å². The van der Waals surface area contributed by atoms with Crippen molar-refractivity contribution in [3.63, 3.8) is 0 Å². The lowest BCUT2D eigenvalue weighted by Crippen LogP contribution is -2.09. The first-order chi connectivity index (χ1) is 4.57. The van der Waals surface area contributed by atoms with Crippen molar-refractivity contribution in [1.82, 2.24) is 4.90 Å². The third kappa shape index (κ3) is 2.96. The van der Waals surface area contributed by atoms with Crippen LogP contribution in [-0.4, -0.2) is 37.2 Å². The summed E-state index contributed by atoms with van der Waals surface area (Å²) in [6.07, 6.45) is 1.39. The lowest BCUT2D eigenvalue weighted by Gasteiger charge is -2.06.